The maximum absolute atomic E-state index is 11.8. The van der Waals surface area contributed by atoms with Crippen molar-refractivity contribution in [2.24, 2.45) is 7.05 Å². The molecule has 78 valence electrons. The van der Waals surface area contributed by atoms with Crippen LogP contribution < -0.4 is 5.73 Å². The molecule has 2 heterocycles. The van der Waals surface area contributed by atoms with Crippen molar-refractivity contribution in [2.75, 3.05) is 5.73 Å². The van der Waals surface area contributed by atoms with Gasteiger partial charge in [-0.3, -0.25) is 9.48 Å². The van der Waals surface area contributed by atoms with E-state index >= 15 is 0 Å². The quantitative estimate of drug-likeness (QED) is 0.684. The van der Waals surface area contributed by atoms with E-state index in [1.807, 2.05) is 0 Å². The second-order valence-electron chi connectivity index (χ2n) is 3.20. The van der Waals surface area contributed by atoms with Crippen LogP contribution in [0.1, 0.15) is 16.2 Å². The molecule has 0 saturated carbocycles. The van der Waals surface area contributed by atoms with E-state index in [9.17, 15) is 4.79 Å². The molecule has 15 heavy (non-hydrogen) atoms. The lowest BCUT2D eigenvalue weighted by molar-refractivity contribution is 0.0942. The van der Waals surface area contributed by atoms with Crippen LogP contribution in [0.5, 0.6) is 0 Å². The summed E-state index contributed by atoms with van der Waals surface area (Å²) < 4.78 is 2.55. The standard InChI is InChI=1S/C8H10N6O/c1-5-3-7(9)14(11-5)8(15)6-4-13(2)12-10-6/h3-4H,9H2,1-2H3. The first-order valence-electron chi connectivity index (χ1n) is 4.31. The van der Waals surface area contributed by atoms with Crippen LogP contribution in [0, 0.1) is 6.92 Å². The third kappa shape index (κ3) is 1.58. The minimum absolute atomic E-state index is 0.215. The molecule has 2 N–H and O–H groups in total. The molecule has 7 heteroatoms. The monoisotopic (exact) mass is 206 g/mol. The zero-order chi connectivity index (χ0) is 11.0. The van der Waals surface area contributed by atoms with E-state index < -0.39 is 0 Å². The average Bonchev–Trinajstić information content (AvgIpc) is 2.71. The predicted octanol–water partition coefficient (Wildman–Crippen LogP) is -0.409. The lowest BCUT2D eigenvalue weighted by Gasteiger charge is -1.97. The first-order chi connectivity index (χ1) is 7.08. The minimum Gasteiger partial charge on any atom is -0.383 e. The highest BCUT2D eigenvalue weighted by Crippen LogP contribution is 2.07. The topological polar surface area (TPSA) is 91.6 Å². The largest absolute Gasteiger partial charge is 0.383 e. The first kappa shape index (κ1) is 9.38. The summed E-state index contributed by atoms with van der Waals surface area (Å²) in [6.07, 6.45) is 1.51. The number of aromatic nitrogens is 5. The van der Waals surface area contributed by atoms with Gasteiger partial charge in [-0.15, -0.1) is 5.10 Å². The maximum atomic E-state index is 11.8. The molecule has 0 aliphatic carbocycles. The Labute approximate surface area is 85.5 Å². The molecule has 0 saturated heterocycles. The van der Waals surface area contributed by atoms with Gasteiger partial charge in [0.1, 0.15) is 5.82 Å². The highest BCUT2D eigenvalue weighted by Gasteiger charge is 2.16. The zero-order valence-electron chi connectivity index (χ0n) is 8.38. The normalized spacial score (nSPS) is 10.5. The molecular formula is C8H10N6O. The number of anilines is 1. The molecule has 0 aliphatic heterocycles. The summed E-state index contributed by atoms with van der Waals surface area (Å²) in [6, 6.07) is 1.62. The van der Waals surface area contributed by atoms with Gasteiger partial charge in [0.25, 0.3) is 0 Å². The van der Waals surface area contributed by atoms with E-state index in [4.69, 9.17) is 5.73 Å². The van der Waals surface area contributed by atoms with Crippen LogP contribution in [0.15, 0.2) is 12.3 Å². The van der Waals surface area contributed by atoms with Gasteiger partial charge >= 0.3 is 5.91 Å². The van der Waals surface area contributed by atoms with Gasteiger partial charge in [-0.05, 0) is 6.92 Å². The highest BCUT2D eigenvalue weighted by molar-refractivity contribution is 5.94. The van der Waals surface area contributed by atoms with E-state index in [1.54, 1.807) is 20.0 Å². The number of nitrogens with two attached hydrogens (primary N) is 1. The molecule has 0 amide bonds. The van der Waals surface area contributed by atoms with Gasteiger partial charge in [0, 0.05) is 13.1 Å². The fraction of sp³-hybridized carbons (Fsp3) is 0.250. The number of nitrogen functional groups attached to an aromatic ring is 1. The van der Waals surface area contributed by atoms with Crippen molar-refractivity contribution < 1.29 is 4.79 Å². The summed E-state index contributed by atoms with van der Waals surface area (Å²) in [7, 11) is 1.68. The van der Waals surface area contributed by atoms with Crippen LogP contribution >= 0.6 is 0 Å². The summed E-state index contributed by atoms with van der Waals surface area (Å²) in [5.74, 6) is -0.0862. The number of rotatable bonds is 1. The molecule has 0 atom stereocenters. The summed E-state index contributed by atoms with van der Waals surface area (Å²) in [6.45, 7) is 1.76. The average molecular weight is 206 g/mol. The summed E-state index contributed by atoms with van der Waals surface area (Å²) >= 11 is 0. The molecule has 2 aromatic rings. The molecule has 0 aliphatic rings. The fourth-order valence-corrected chi connectivity index (χ4v) is 1.24. The van der Waals surface area contributed by atoms with Crippen molar-refractivity contribution in [3.05, 3.63) is 23.7 Å². The van der Waals surface area contributed by atoms with E-state index in [0.29, 0.717) is 11.5 Å². The Bertz CT molecular complexity index is 511. The van der Waals surface area contributed by atoms with Gasteiger partial charge in [0.15, 0.2) is 5.69 Å². The predicted molar refractivity (Wildman–Crippen MR) is 52.1 cm³/mol. The van der Waals surface area contributed by atoms with Crippen LogP contribution in [0.2, 0.25) is 0 Å². The third-order valence-electron chi connectivity index (χ3n) is 1.87. The Morgan fingerprint density at radius 3 is 2.73 bits per heavy atom. The van der Waals surface area contributed by atoms with E-state index in [1.165, 1.54) is 10.9 Å². The van der Waals surface area contributed by atoms with Crippen molar-refractivity contribution in [3.8, 4) is 0 Å². The van der Waals surface area contributed by atoms with Crippen LogP contribution in [0.25, 0.3) is 0 Å². The molecule has 0 radical (unpaired) electrons. The number of hydrogen-bond donors (Lipinski definition) is 1. The van der Waals surface area contributed by atoms with E-state index in [2.05, 4.69) is 15.4 Å². The zero-order valence-corrected chi connectivity index (χ0v) is 8.38. The number of hydrogen-bond acceptors (Lipinski definition) is 5. The van der Waals surface area contributed by atoms with Crippen molar-refractivity contribution in [3.63, 3.8) is 0 Å². The fourth-order valence-electron chi connectivity index (χ4n) is 1.24. The van der Waals surface area contributed by atoms with Gasteiger partial charge in [-0.1, -0.05) is 5.21 Å². The molecule has 0 bridgehead atoms. The van der Waals surface area contributed by atoms with Crippen molar-refractivity contribution in [1.29, 1.82) is 0 Å². The van der Waals surface area contributed by atoms with Crippen LogP contribution in [-0.4, -0.2) is 30.7 Å². The molecule has 0 unspecified atom stereocenters. The smallest absolute Gasteiger partial charge is 0.302 e. The van der Waals surface area contributed by atoms with Gasteiger partial charge in [-0.25, -0.2) is 0 Å². The number of aryl methyl sites for hydroxylation is 2. The van der Waals surface area contributed by atoms with Gasteiger partial charge in [0.2, 0.25) is 0 Å². The number of nitrogens with zero attached hydrogens (tertiary/aromatic N) is 5. The van der Waals surface area contributed by atoms with E-state index in [0.717, 1.165) is 4.68 Å². The van der Waals surface area contributed by atoms with Crippen LogP contribution in [-0.2, 0) is 7.05 Å². The highest BCUT2D eigenvalue weighted by atomic mass is 16.2. The Hall–Kier alpha value is -2.18. The van der Waals surface area contributed by atoms with Crippen LogP contribution in [0.3, 0.4) is 0 Å². The van der Waals surface area contributed by atoms with Gasteiger partial charge in [0.05, 0.1) is 11.9 Å². The SMILES string of the molecule is Cc1cc(N)n(C(=O)c2cn(C)nn2)n1. The van der Waals surface area contributed by atoms with Gasteiger partial charge < -0.3 is 5.73 Å². The lowest BCUT2D eigenvalue weighted by atomic mass is 10.4. The second kappa shape index (κ2) is 3.19. The molecule has 0 spiro atoms. The maximum Gasteiger partial charge on any atom is 0.302 e. The Morgan fingerprint density at radius 1 is 1.53 bits per heavy atom. The second-order valence-corrected chi connectivity index (χ2v) is 3.20. The number of carbonyl (C=O) groups excluding carboxylic acids is 1. The van der Waals surface area contributed by atoms with Gasteiger partial charge in [-0.2, -0.15) is 9.78 Å². The molecule has 2 rings (SSSR count). The Morgan fingerprint density at radius 2 is 2.27 bits per heavy atom. The van der Waals surface area contributed by atoms with Crippen molar-refractivity contribution >= 4 is 11.7 Å². The summed E-state index contributed by atoms with van der Waals surface area (Å²) in [5, 5.41) is 11.3. The Kier molecular flexibility index (Phi) is 2.00. The van der Waals surface area contributed by atoms with Crippen molar-refractivity contribution in [2.45, 2.75) is 6.92 Å². The minimum atomic E-state index is -0.381. The third-order valence-corrected chi connectivity index (χ3v) is 1.87. The molecular weight excluding hydrogens is 196 g/mol. The lowest BCUT2D eigenvalue weighted by Crippen LogP contribution is -2.16. The molecule has 2 aromatic heterocycles. The van der Waals surface area contributed by atoms with Crippen LogP contribution in [0.4, 0.5) is 5.82 Å². The molecule has 0 fully saturated rings. The first-order valence-corrected chi connectivity index (χ1v) is 4.31. The molecule has 7 nitrogen and oxygen atoms in total. The van der Waals surface area contributed by atoms with E-state index in [-0.39, 0.29) is 11.6 Å². The summed E-state index contributed by atoms with van der Waals surface area (Å²) in [4.78, 5) is 11.8. The molecule has 0 aromatic carbocycles. The number of carbonyl (C=O) groups is 1. The summed E-state index contributed by atoms with van der Waals surface area (Å²) in [5.41, 5.74) is 6.51. The van der Waals surface area contributed by atoms with Crippen molar-refractivity contribution in [1.82, 2.24) is 24.8 Å². The Balaban J connectivity index is 2.40.